The van der Waals surface area contributed by atoms with Crippen molar-refractivity contribution in [2.75, 3.05) is 5.73 Å². The smallest absolute Gasteiger partial charge is 0.246 e. The summed E-state index contributed by atoms with van der Waals surface area (Å²) in [6, 6.07) is 1.96. The van der Waals surface area contributed by atoms with E-state index in [1.165, 1.54) is 22.2 Å². The number of aromatic nitrogens is 2. The maximum Gasteiger partial charge on any atom is 0.246 e. The average Bonchev–Trinajstić information content (AvgIpc) is 2.93. The highest BCUT2D eigenvalue weighted by atomic mass is 32.2. The lowest BCUT2D eigenvalue weighted by Crippen LogP contribution is -2.23. The molecule has 6 nitrogen and oxygen atoms in total. The van der Waals surface area contributed by atoms with E-state index in [0.29, 0.717) is 6.54 Å². The van der Waals surface area contributed by atoms with Gasteiger partial charge in [0.2, 0.25) is 10.0 Å². The molecule has 2 heterocycles. The monoisotopic (exact) mass is 300 g/mol. The number of aryl methyl sites for hydroxylation is 2. The molecular formula is C11H16N4O2S2. The molecule has 8 heteroatoms. The van der Waals surface area contributed by atoms with Crippen molar-refractivity contribution in [1.29, 1.82) is 0 Å². The quantitative estimate of drug-likeness (QED) is 0.871. The number of rotatable bonds is 5. The highest BCUT2D eigenvalue weighted by Gasteiger charge is 2.21. The predicted molar refractivity (Wildman–Crippen MR) is 75.4 cm³/mol. The molecule has 0 aliphatic rings. The molecular weight excluding hydrogens is 284 g/mol. The van der Waals surface area contributed by atoms with Crippen molar-refractivity contribution in [2.45, 2.75) is 31.8 Å². The largest absolute Gasteiger partial charge is 0.381 e. The van der Waals surface area contributed by atoms with Gasteiger partial charge < -0.3 is 5.73 Å². The second-order valence-electron chi connectivity index (χ2n) is 4.09. The first-order chi connectivity index (χ1) is 8.94. The van der Waals surface area contributed by atoms with Gasteiger partial charge in [-0.2, -0.15) is 5.10 Å². The molecule has 0 amide bonds. The van der Waals surface area contributed by atoms with Gasteiger partial charge in [0.05, 0.1) is 0 Å². The summed E-state index contributed by atoms with van der Waals surface area (Å²) in [5.74, 6) is 0.0252. The summed E-state index contributed by atoms with van der Waals surface area (Å²) in [7, 11) is -3.62. The maximum absolute atomic E-state index is 12.1. The second-order valence-corrected chi connectivity index (χ2v) is 6.82. The highest BCUT2D eigenvalue weighted by Crippen LogP contribution is 2.19. The van der Waals surface area contributed by atoms with Gasteiger partial charge in [-0.1, -0.05) is 0 Å². The van der Waals surface area contributed by atoms with E-state index in [1.54, 1.807) is 0 Å². The second kappa shape index (κ2) is 5.32. The van der Waals surface area contributed by atoms with Crippen LogP contribution in [0.5, 0.6) is 0 Å². The molecule has 0 saturated carbocycles. The summed E-state index contributed by atoms with van der Waals surface area (Å²) in [5.41, 5.74) is 6.71. The Kier molecular flexibility index (Phi) is 3.93. The van der Waals surface area contributed by atoms with Crippen LogP contribution < -0.4 is 10.5 Å². The van der Waals surface area contributed by atoms with Gasteiger partial charge in [-0.15, -0.1) is 11.3 Å². The van der Waals surface area contributed by atoms with Crippen LogP contribution in [0.25, 0.3) is 0 Å². The fourth-order valence-corrected chi connectivity index (χ4v) is 3.61. The first-order valence-corrected chi connectivity index (χ1v) is 8.16. The average molecular weight is 300 g/mol. The Morgan fingerprint density at radius 2 is 2.26 bits per heavy atom. The first-order valence-electron chi connectivity index (χ1n) is 5.79. The van der Waals surface area contributed by atoms with E-state index in [4.69, 9.17) is 5.73 Å². The van der Waals surface area contributed by atoms with Crippen LogP contribution in [0.2, 0.25) is 0 Å². The number of nitrogens with one attached hydrogen (secondary N) is 1. The van der Waals surface area contributed by atoms with Gasteiger partial charge in [-0.05, 0) is 30.9 Å². The number of sulfonamides is 1. The fraction of sp³-hybridized carbons (Fsp3) is 0.364. The zero-order valence-corrected chi connectivity index (χ0v) is 12.4. The van der Waals surface area contributed by atoms with Crippen molar-refractivity contribution >= 4 is 27.2 Å². The van der Waals surface area contributed by atoms with Crippen molar-refractivity contribution in [3.05, 3.63) is 28.1 Å². The lowest BCUT2D eigenvalue weighted by atomic mass is 10.3. The summed E-state index contributed by atoms with van der Waals surface area (Å²) in [5, 5.41) is 5.87. The normalized spacial score (nSPS) is 11.9. The van der Waals surface area contributed by atoms with Gasteiger partial charge in [0, 0.05) is 24.2 Å². The van der Waals surface area contributed by atoms with Crippen LogP contribution in [0.15, 0.2) is 22.5 Å². The third-order valence-electron chi connectivity index (χ3n) is 2.76. The first kappa shape index (κ1) is 14.0. The van der Waals surface area contributed by atoms with Gasteiger partial charge in [0.1, 0.15) is 4.90 Å². The van der Waals surface area contributed by atoms with E-state index in [9.17, 15) is 8.42 Å². The molecule has 0 radical (unpaired) electrons. The van der Waals surface area contributed by atoms with E-state index >= 15 is 0 Å². The summed E-state index contributed by atoms with van der Waals surface area (Å²) in [6.45, 7) is 4.65. The molecule has 2 rings (SSSR count). The molecule has 0 unspecified atom stereocenters. The Morgan fingerprint density at radius 3 is 2.79 bits per heavy atom. The van der Waals surface area contributed by atoms with Gasteiger partial charge in [0.25, 0.3) is 0 Å². The predicted octanol–water partition coefficient (Wildman–Crippen LogP) is 1.33. The number of hydrogen-bond acceptors (Lipinski definition) is 5. The Balaban J connectivity index is 2.18. The third-order valence-corrected chi connectivity index (χ3v) is 5.20. The van der Waals surface area contributed by atoms with Crippen LogP contribution in [0.4, 0.5) is 5.82 Å². The topological polar surface area (TPSA) is 90.0 Å². The zero-order chi connectivity index (χ0) is 14.0. The number of anilines is 1. The van der Waals surface area contributed by atoms with Crippen molar-refractivity contribution in [2.24, 2.45) is 0 Å². The Morgan fingerprint density at radius 1 is 1.53 bits per heavy atom. The molecule has 0 fully saturated rings. The van der Waals surface area contributed by atoms with Crippen LogP contribution in [-0.4, -0.2) is 18.2 Å². The van der Waals surface area contributed by atoms with Crippen LogP contribution in [0.1, 0.15) is 17.4 Å². The lowest BCUT2D eigenvalue weighted by Gasteiger charge is -2.04. The van der Waals surface area contributed by atoms with E-state index in [-0.39, 0.29) is 17.3 Å². The van der Waals surface area contributed by atoms with Gasteiger partial charge in [-0.3, -0.25) is 4.68 Å². The number of hydrogen-bond donors (Lipinski definition) is 2. The molecule has 2 aromatic heterocycles. The molecule has 104 valence electrons. The van der Waals surface area contributed by atoms with Gasteiger partial charge >= 0.3 is 0 Å². The molecule has 19 heavy (non-hydrogen) atoms. The van der Waals surface area contributed by atoms with Crippen LogP contribution in [0.3, 0.4) is 0 Å². The van der Waals surface area contributed by atoms with E-state index in [1.807, 2.05) is 25.3 Å². The van der Waals surface area contributed by atoms with Crippen molar-refractivity contribution < 1.29 is 8.42 Å². The van der Waals surface area contributed by atoms with Crippen molar-refractivity contribution in [3.63, 3.8) is 0 Å². The molecule has 0 aliphatic carbocycles. The SMILES string of the molecule is CCn1cc(S(=O)(=O)NCc2sccc2C)c(N)n1. The summed E-state index contributed by atoms with van der Waals surface area (Å²) < 4.78 is 28.3. The molecule has 0 aliphatic heterocycles. The molecule has 3 N–H and O–H groups in total. The molecule has 0 saturated heterocycles. The Bertz CT molecular complexity index is 673. The van der Waals surface area contributed by atoms with Crippen molar-refractivity contribution in [3.8, 4) is 0 Å². The number of nitrogen functional groups attached to an aromatic ring is 1. The minimum atomic E-state index is -3.62. The maximum atomic E-state index is 12.1. The zero-order valence-electron chi connectivity index (χ0n) is 10.8. The molecule has 2 aromatic rings. The minimum absolute atomic E-state index is 0.0252. The summed E-state index contributed by atoms with van der Waals surface area (Å²) in [6.07, 6.45) is 1.44. The lowest BCUT2D eigenvalue weighted by molar-refractivity contribution is 0.581. The molecule has 0 spiro atoms. The number of nitrogens with zero attached hydrogens (tertiary/aromatic N) is 2. The van der Waals surface area contributed by atoms with Gasteiger partial charge in [0.15, 0.2) is 5.82 Å². The van der Waals surface area contributed by atoms with E-state index in [0.717, 1.165) is 10.4 Å². The summed E-state index contributed by atoms with van der Waals surface area (Å²) in [4.78, 5) is 1.02. The Labute approximate surface area is 116 Å². The summed E-state index contributed by atoms with van der Waals surface area (Å²) >= 11 is 1.52. The molecule has 0 bridgehead atoms. The van der Waals surface area contributed by atoms with E-state index in [2.05, 4.69) is 9.82 Å². The van der Waals surface area contributed by atoms with Crippen LogP contribution in [0, 0.1) is 6.92 Å². The Hall–Kier alpha value is -1.38. The highest BCUT2D eigenvalue weighted by molar-refractivity contribution is 7.89. The van der Waals surface area contributed by atoms with Crippen LogP contribution >= 0.6 is 11.3 Å². The van der Waals surface area contributed by atoms with E-state index < -0.39 is 10.0 Å². The van der Waals surface area contributed by atoms with Crippen LogP contribution in [-0.2, 0) is 23.1 Å². The number of thiophene rings is 1. The standard InChI is InChI=1S/C11H16N4O2S2/c1-3-15-7-10(11(12)14-15)19(16,17)13-6-9-8(2)4-5-18-9/h4-5,7,13H,3,6H2,1-2H3,(H2,12,14). The molecule has 0 aromatic carbocycles. The molecule has 0 atom stereocenters. The van der Waals surface area contributed by atoms with Crippen molar-refractivity contribution in [1.82, 2.24) is 14.5 Å². The number of nitrogens with two attached hydrogens (primary N) is 1. The van der Waals surface area contributed by atoms with Gasteiger partial charge in [-0.25, -0.2) is 13.1 Å². The minimum Gasteiger partial charge on any atom is -0.381 e. The fourth-order valence-electron chi connectivity index (χ4n) is 1.61. The third kappa shape index (κ3) is 2.96.